The summed E-state index contributed by atoms with van der Waals surface area (Å²) in [6.07, 6.45) is 2.22. The molecule has 1 amide bonds. The summed E-state index contributed by atoms with van der Waals surface area (Å²) in [5.41, 5.74) is 0.980. The van der Waals surface area contributed by atoms with Gasteiger partial charge < -0.3 is 10.1 Å². The van der Waals surface area contributed by atoms with Crippen LogP contribution in [0, 0.1) is 0 Å². The Kier molecular flexibility index (Phi) is 3.89. The minimum absolute atomic E-state index is 0.0245. The quantitative estimate of drug-likeness (QED) is 0.899. The fourth-order valence-electron chi connectivity index (χ4n) is 2.01. The number of carbonyl (C=O) groups excluding carboxylic acids is 1. The van der Waals surface area contributed by atoms with Crippen LogP contribution in [0.4, 0.5) is 0 Å². The van der Waals surface area contributed by atoms with E-state index >= 15 is 0 Å². The molecule has 0 saturated carbocycles. The Bertz CT molecular complexity index is 420. The molecule has 1 aromatic carbocycles. The second-order valence-electron chi connectivity index (χ2n) is 4.19. The Hall–Kier alpha value is -1.22. The van der Waals surface area contributed by atoms with E-state index in [1.54, 1.807) is 6.07 Å². The normalized spacial score (nSPS) is 18.1. The third-order valence-electron chi connectivity index (χ3n) is 2.82. The van der Waals surface area contributed by atoms with Gasteiger partial charge in [0.15, 0.2) is 0 Å². The number of benzene rings is 1. The molecule has 1 aliphatic heterocycles. The number of nitrogens with one attached hydrogen (secondary N) is 1. The van der Waals surface area contributed by atoms with Crippen molar-refractivity contribution in [3.63, 3.8) is 0 Å². The van der Waals surface area contributed by atoms with Gasteiger partial charge in [-0.1, -0.05) is 18.5 Å². The Morgan fingerprint density at radius 2 is 2.41 bits per heavy atom. The molecular weight excluding hydrogens is 238 g/mol. The lowest BCUT2D eigenvalue weighted by Crippen LogP contribution is -2.31. The van der Waals surface area contributed by atoms with E-state index in [0.717, 1.165) is 24.2 Å². The SMILES string of the molecule is CCCC(=O)NC1CCOc2ccc(Cl)cc21. The van der Waals surface area contributed by atoms with Gasteiger partial charge in [-0.05, 0) is 24.6 Å². The van der Waals surface area contributed by atoms with Crippen molar-refractivity contribution in [2.75, 3.05) is 6.61 Å². The van der Waals surface area contributed by atoms with Crippen LogP contribution in [-0.4, -0.2) is 12.5 Å². The molecule has 1 heterocycles. The van der Waals surface area contributed by atoms with Gasteiger partial charge in [-0.15, -0.1) is 0 Å². The number of halogens is 1. The lowest BCUT2D eigenvalue weighted by atomic mass is 10.0. The summed E-state index contributed by atoms with van der Waals surface area (Å²) in [4.78, 5) is 11.6. The number of hydrogen-bond acceptors (Lipinski definition) is 2. The van der Waals surface area contributed by atoms with Crippen molar-refractivity contribution in [3.8, 4) is 5.75 Å². The minimum Gasteiger partial charge on any atom is -0.493 e. The summed E-state index contributed by atoms with van der Waals surface area (Å²) in [6.45, 7) is 2.63. The lowest BCUT2D eigenvalue weighted by Gasteiger charge is -2.26. The summed E-state index contributed by atoms with van der Waals surface area (Å²) in [5.74, 6) is 0.910. The Morgan fingerprint density at radius 1 is 1.59 bits per heavy atom. The van der Waals surface area contributed by atoms with Crippen molar-refractivity contribution in [2.24, 2.45) is 0 Å². The third kappa shape index (κ3) is 2.91. The van der Waals surface area contributed by atoms with E-state index in [-0.39, 0.29) is 11.9 Å². The van der Waals surface area contributed by atoms with Crippen molar-refractivity contribution >= 4 is 17.5 Å². The van der Waals surface area contributed by atoms with Gasteiger partial charge in [0.05, 0.1) is 12.6 Å². The lowest BCUT2D eigenvalue weighted by molar-refractivity contribution is -0.122. The highest BCUT2D eigenvalue weighted by molar-refractivity contribution is 6.30. The first-order valence-electron chi connectivity index (χ1n) is 5.92. The zero-order valence-corrected chi connectivity index (χ0v) is 10.6. The van der Waals surface area contributed by atoms with E-state index in [4.69, 9.17) is 16.3 Å². The molecule has 1 aromatic rings. The number of rotatable bonds is 3. The van der Waals surface area contributed by atoms with Gasteiger partial charge in [-0.25, -0.2) is 0 Å². The summed E-state index contributed by atoms with van der Waals surface area (Å²) >= 11 is 5.97. The summed E-state index contributed by atoms with van der Waals surface area (Å²) < 4.78 is 5.54. The fraction of sp³-hybridized carbons (Fsp3) is 0.462. The molecule has 1 unspecified atom stereocenters. The zero-order chi connectivity index (χ0) is 12.3. The van der Waals surface area contributed by atoms with E-state index in [9.17, 15) is 4.79 Å². The monoisotopic (exact) mass is 253 g/mol. The van der Waals surface area contributed by atoms with Gasteiger partial charge >= 0.3 is 0 Å². The summed E-state index contributed by atoms with van der Waals surface area (Å²) in [7, 11) is 0. The van der Waals surface area contributed by atoms with E-state index < -0.39 is 0 Å². The van der Waals surface area contributed by atoms with Crippen LogP contribution in [0.1, 0.15) is 37.8 Å². The standard InChI is InChI=1S/C13H16ClNO2/c1-2-3-13(16)15-11-6-7-17-12-5-4-9(14)8-10(11)12/h4-5,8,11H,2-3,6-7H2,1H3,(H,15,16). The molecule has 0 spiro atoms. The molecule has 1 aliphatic rings. The zero-order valence-electron chi connectivity index (χ0n) is 9.83. The van der Waals surface area contributed by atoms with Gasteiger partial charge in [-0.3, -0.25) is 4.79 Å². The highest BCUT2D eigenvalue weighted by atomic mass is 35.5. The van der Waals surface area contributed by atoms with Crippen LogP contribution < -0.4 is 10.1 Å². The molecule has 0 radical (unpaired) electrons. The molecule has 0 aromatic heterocycles. The Balaban J connectivity index is 2.16. The van der Waals surface area contributed by atoms with Crippen molar-refractivity contribution in [2.45, 2.75) is 32.2 Å². The second kappa shape index (κ2) is 5.41. The molecule has 0 aliphatic carbocycles. The van der Waals surface area contributed by atoms with Crippen LogP contribution in [0.15, 0.2) is 18.2 Å². The van der Waals surface area contributed by atoms with Crippen molar-refractivity contribution in [1.29, 1.82) is 0 Å². The second-order valence-corrected chi connectivity index (χ2v) is 4.63. The van der Waals surface area contributed by atoms with Crippen LogP contribution in [0.5, 0.6) is 5.75 Å². The van der Waals surface area contributed by atoms with Crippen LogP contribution in [-0.2, 0) is 4.79 Å². The fourth-order valence-corrected chi connectivity index (χ4v) is 2.19. The van der Waals surface area contributed by atoms with Gasteiger partial charge in [0.1, 0.15) is 5.75 Å². The van der Waals surface area contributed by atoms with Crippen LogP contribution in [0.3, 0.4) is 0 Å². The molecular formula is C13H16ClNO2. The first kappa shape index (κ1) is 12.2. The van der Waals surface area contributed by atoms with Crippen LogP contribution >= 0.6 is 11.6 Å². The molecule has 17 heavy (non-hydrogen) atoms. The molecule has 1 atom stereocenters. The van der Waals surface area contributed by atoms with E-state index in [1.807, 2.05) is 19.1 Å². The minimum atomic E-state index is 0.0245. The highest BCUT2D eigenvalue weighted by Crippen LogP contribution is 2.33. The smallest absolute Gasteiger partial charge is 0.220 e. The average Bonchev–Trinajstić information content (AvgIpc) is 2.30. The van der Waals surface area contributed by atoms with Gasteiger partial charge in [-0.2, -0.15) is 0 Å². The molecule has 1 N–H and O–H groups in total. The summed E-state index contributed by atoms with van der Waals surface area (Å²) in [6, 6.07) is 5.55. The molecule has 2 rings (SSSR count). The van der Waals surface area contributed by atoms with Gasteiger partial charge in [0, 0.05) is 23.4 Å². The first-order valence-corrected chi connectivity index (χ1v) is 6.30. The number of ether oxygens (including phenoxy) is 1. The molecule has 3 nitrogen and oxygen atoms in total. The van der Waals surface area contributed by atoms with Crippen molar-refractivity contribution < 1.29 is 9.53 Å². The molecule has 92 valence electrons. The van der Waals surface area contributed by atoms with Gasteiger partial charge in [0.25, 0.3) is 0 Å². The number of hydrogen-bond donors (Lipinski definition) is 1. The highest BCUT2D eigenvalue weighted by Gasteiger charge is 2.22. The van der Waals surface area contributed by atoms with Crippen molar-refractivity contribution in [1.82, 2.24) is 5.32 Å². The maximum absolute atomic E-state index is 11.6. The number of carbonyl (C=O) groups is 1. The van der Waals surface area contributed by atoms with E-state index in [1.165, 1.54) is 0 Å². The summed E-state index contributed by atoms with van der Waals surface area (Å²) in [5, 5.41) is 3.70. The average molecular weight is 254 g/mol. The molecule has 0 saturated heterocycles. The Labute approximate surface area is 106 Å². The van der Waals surface area contributed by atoms with Crippen LogP contribution in [0.25, 0.3) is 0 Å². The molecule has 0 fully saturated rings. The number of fused-ring (bicyclic) bond motifs is 1. The van der Waals surface area contributed by atoms with Gasteiger partial charge in [0.2, 0.25) is 5.91 Å². The predicted octanol–water partition coefficient (Wildman–Crippen LogP) is 3.08. The van der Waals surface area contributed by atoms with E-state index in [0.29, 0.717) is 18.1 Å². The largest absolute Gasteiger partial charge is 0.493 e. The van der Waals surface area contributed by atoms with Crippen LogP contribution in [0.2, 0.25) is 5.02 Å². The first-order chi connectivity index (χ1) is 8.20. The topological polar surface area (TPSA) is 38.3 Å². The van der Waals surface area contributed by atoms with Crippen molar-refractivity contribution in [3.05, 3.63) is 28.8 Å². The maximum Gasteiger partial charge on any atom is 0.220 e. The predicted molar refractivity (Wildman–Crippen MR) is 67.4 cm³/mol. The third-order valence-corrected chi connectivity index (χ3v) is 3.06. The maximum atomic E-state index is 11.6. The Morgan fingerprint density at radius 3 is 3.18 bits per heavy atom. The molecule has 0 bridgehead atoms. The molecule has 4 heteroatoms. The number of amides is 1. The van der Waals surface area contributed by atoms with E-state index in [2.05, 4.69) is 5.32 Å².